The lowest BCUT2D eigenvalue weighted by Crippen LogP contribution is -2.28. The van der Waals surface area contributed by atoms with Crippen LogP contribution in [0.15, 0.2) is 47.9 Å². The zero-order chi connectivity index (χ0) is 16.6. The quantitative estimate of drug-likeness (QED) is 0.530. The number of nitro groups is 1. The summed E-state index contributed by atoms with van der Waals surface area (Å²) in [6, 6.07) is 5.64. The predicted octanol–water partition coefficient (Wildman–Crippen LogP) is 2.25. The number of methoxy groups -OCH3 is 1. The molecule has 0 fully saturated rings. The smallest absolute Gasteiger partial charge is 0.337 e. The number of rotatable bonds is 3. The first-order valence-corrected chi connectivity index (χ1v) is 6.86. The number of esters is 1. The summed E-state index contributed by atoms with van der Waals surface area (Å²) in [7, 11) is 1.32. The number of benzene rings is 1. The van der Waals surface area contributed by atoms with Gasteiger partial charge in [0.1, 0.15) is 0 Å². The van der Waals surface area contributed by atoms with E-state index in [2.05, 4.69) is 10.3 Å². The first-order valence-electron chi connectivity index (χ1n) is 6.86. The summed E-state index contributed by atoms with van der Waals surface area (Å²) < 4.78 is 6.68. The Hall–Kier alpha value is -3.16. The molecule has 23 heavy (non-hydrogen) atoms. The van der Waals surface area contributed by atoms with Gasteiger partial charge >= 0.3 is 5.97 Å². The number of allylic oxidation sites excluding steroid dienone is 1. The molecule has 1 aromatic carbocycles. The zero-order valence-electron chi connectivity index (χ0n) is 12.5. The Kier molecular flexibility index (Phi) is 3.57. The Morgan fingerprint density at radius 2 is 2.09 bits per heavy atom. The van der Waals surface area contributed by atoms with Crippen molar-refractivity contribution in [2.24, 2.45) is 0 Å². The van der Waals surface area contributed by atoms with Crippen molar-refractivity contribution < 1.29 is 14.5 Å². The molecule has 8 nitrogen and oxygen atoms in total. The van der Waals surface area contributed by atoms with Gasteiger partial charge in [0, 0.05) is 30.2 Å². The van der Waals surface area contributed by atoms with E-state index in [-0.39, 0.29) is 5.69 Å². The van der Waals surface area contributed by atoms with Gasteiger partial charge in [0.15, 0.2) is 0 Å². The molecule has 0 bridgehead atoms. The predicted molar refractivity (Wildman–Crippen MR) is 81.8 cm³/mol. The molecule has 0 spiro atoms. The van der Waals surface area contributed by atoms with Gasteiger partial charge in [-0.25, -0.2) is 9.78 Å². The van der Waals surface area contributed by atoms with Crippen LogP contribution in [0.4, 0.5) is 11.6 Å². The molecule has 0 saturated heterocycles. The van der Waals surface area contributed by atoms with Gasteiger partial charge in [0.25, 0.3) is 5.69 Å². The number of nitro benzene ring substituents is 1. The second kappa shape index (κ2) is 5.56. The van der Waals surface area contributed by atoms with E-state index in [1.165, 1.54) is 19.2 Å². The van der Waals surface area contributed by atoms with E-state index in [0.29, 0.717) is 17.2 Å². The lowest BCUT2D eigenvalue weighted by molar-refractivity contribution is -0.384. The van der Waals surface area contributed by atoms with E-state index < -0.39 is 16.9 Å². The number of hydrogen-bond acceptors (Lipinski definition) is 6. The van der Waals surface area contributed by atoms with Crippen LogP contribution in [-0.2, 0) is 9.53 Å². The first-order chi connectivity index (χ1) is 11.0. The third-order valence-electron chi connectivity index (χ3n) is 3.75. The van der Waals surface area contributed by atoms with E-state index in [0.717, 1.165) is 5.56 Å². The second-order valence-electron chi connectivity index (χ2n) is 5.06. The number of imidazole rings is 1. The summed E-state index contributed by atoms with van der Waals surface area (Å²) in [4.78, 5) is 26.8. The van der Waals surface area contributed by atoms with Crippen LogP contribution in [-0.4, -0.2) is 27.6 Å². The highest BCUT2D eigenvalue weighted by molar-refractivity contribution is 5.92. The molecule has 3 rings (SSSR count). The van der Waals surface area contributed by atoms with Crippen LogP contribution in [0, 0.1) is 10.1 Å². The maximum absolute atomic E-state index is 12.2. The van der Waals surface area contributed by atoms with Crippen LogP contribution in [0.5, 0.6) is 0 Å². The Labute approximate surface area is 131 Å². The number of aromatic nitrogens is 2. The zero-order valence-corrected chi connectivity index (χ0v) is 12.5. The molecule has 1 atom stereocenters. The Morgan fingerprint density at radius 3 is 2.70 bits per heavy atom. The molecule has 0 amide bonds. The fourth-order valence-corrected chi connectivity index (χ4v) is 2.68. The maximum Gasteiger partial charge on any atom is 0.337 e. The molecule has 8 heteroatoms. The number of nitrogens with zero attached hydrogens (tertiary/aromatic N) is 3. The SMILES string of the molecule is COC(=O)C1=C(C)Nc2nccn2C1c1ccc([N+](=O)[O-])cc1. The Morgan fingerprint density at radius 1 is 1.39 bits per heavy atom. The van der Waals surface area contributed by atoms with Crippen molar-refractivity contribution in [1.29, 1.82) is 0 Å². The first kappa shape index (κ1) is 14.8. The van der Waals surface area contributed by atoms with Crippen molar-refractivity contribution in [3.63, 3.8) is 0 Å². The third kappa shape index (κ3) is 2.44. The molecule has 1 aliphatic heterocycles. The minimum atomic E-state index is -0.461. The monoisotopic (exact) mass is 314 g/mol. The van der Waals surface area contributed by atoms with Gasteiger partial charge in [-0.3, -0.25) is 10.1 Å². The van der Waals surface area contributed by atoms with E-state index in [1.54, 1.807) is 36.0 Å². The largest absolute Gasteiger partial charge is 0.466 e. The summed E-state index contributed by atoms with van der Waals surface area (Å²) in [5.41, 5.74) is 1.80. The van der Waals surface area contributed by atoms with Crippen LogP contribution < -0.4 is 5.32 Å². The molecule has 2 aromatic rings. The number of non-ortho nitro benzene ring substituents is 1. The normalized spacial score (nSPS) is 16.5. The van der Waals surface area contributed by atoms with Crippen molar-refractivity contribution in [2.75, 3.05) is 12.4 Å². The van der Waals surface area contributed by atoms with Crippen molar-refractivity contribution in [3.8, 4) is 0 Å². The maximum atomic E-state index is 12.2. The molecule has 118 valence electrons. The minimum Gasteiger partial charge on any atom is -0.466 e. The number of ether oxygens (including phenoxy) is 1. The van der Waals surface area contributed by atoms with Crippen LogP contribution in [0.2, 0.25) is 0 Å². The average molecular weight is 314 g/mol. The van der Waals surface area contributed by atoms with Gasteiger partial charge in [-0.2, -0.15) is 0 Å². The molecule has 2 heterocycles. The molecule has 0 saturated carbocycles. The highest BCUT2D eigenvalue weighted by Gasteiger charge is 2.32. The fraction of sp³-hybridized carbons (Fsp3) is 0.200. The summed E-state index contributed by atoms with van der Waals surface area (Å²) in [5.74, 6) is 0.135. The summed E-state index contributed by atoms with van der Waals surface area (Å²) >= 11 is 0. The molecular formula is C15H14N4O4. The molecule has 1 aliphatic rings. The standard InChI is InChI=1S/C15H14N4O4/c1-9-12(14(20)23-2)13(18-8-7-16-15(18)17-9)10-3-5-11(6-4-10)19(21)22/h3-8,13H,1-2H3,(H,16,17). The van der Waals surface area contributed by atoms with Crippen LogP contribution >= 0.6 is 0 Å². The highest BCUT2D eigenvalue weighted by atomic mass is 16.6. The van der Waals surface area contributed by atoms with Crippen molar-refractivity contribution >= 4 is 17.6 Å². The van der Waals surface area contributed by atoms with Gasteiger partial charge < -0.3 is 14.6 Å². The number of carbonyl (C=O) groups is 1. The number of hydrogen-bond donors (Lipinski definition) is 1. The van der Waals surface area contributed by atoms with Gasteiger partial charge in [0.05, 0.1) is 23.6 Å². The number of fused-ring (bicyclic) bond motifs is 1. The minimum absolute atomic E-state index is 0.00569. The topological polar surface area (TPSA) is 99.3 Å². The summed E-state index contributed by atoms with van der Waals surface area (Å²) in [6.45, 7) is 1.77. The molecule has 1 N–H and O–H groups in total. The molecule has 0 aliphatic carbocycles. The van der Waals surface area contributed by atoms with Crippen molar-refractivity contribution in [3.05, 3.63) is 63.6 Å². The summed E-state index contributed by atoms with van der Waals surface area (Å²) in [5, 5.41) is 13.9. The number of nitrogens with one attached hydrogen (secondary N) is 1. The van der Waals surface area contributed by atoms with Crippen molar-refractivity contribution in [1.82, 2.24) is 9.55 Å². The number of carbonyl (C=O) groups excluding carboxylic acids is 1. The molecule has 0 radical (unpaired) electrons. The van der Waals surface area contributed by atoms with E-state index in [1.807, 2.05) is 0 Å². The lowest BCUT2D eigenvalue weighted by Gasteiger charge is -2.29. The van der Waals surface area contributed by atoms with Crippen LogP contribution in [0.3, 0.4) is 0 Å². The fourth-order valence-electron chi connectivity index (χ4n) is 2.68. The molecule has 1 aromatic heterocycles. The summed E-state index contributed by atoms with van der Waals surface area (Å²) in [6.07, 6.45) is 3.36. The Balaban J connectivity index is 2.13. The van der Waals surface area contributed by atoms with Gasteiger partial charge in [-0.1, -0.05) is 0 Å². The van der Waals surface area contributed by atoms with E-state index in [9.17, 15) is 14.9 Å². The van der Waals surface area contributed by atoms with Gasteiger partial charge in [-0.05, 0) is 24.6 Å². The van der Waals surface area contributed by atoms with E-state index in [4.69, 9.17) is 4.74 Å². The second-order valence-corrected chi connectivity index (χ2v) is 5.06. The van der Waals surface area contributed by atoms with Crippen molar-refractivity contribution in [2.45, 2.75) is 13.0 Å². The number of anilines is 1. The molecular weight excluding hydrogens is 300 g/mol. The molecule has 1 unspecified atom stereocenters. The lowest BCUT2D eigenvalue weighted by atomic mass is 9.95. The Bertz CT molecular complexity index is 807. The highest BCUT2D eigenvalue weighted by Crippen LogP contribution is 2.36. The van der Waals surface area contributed by atoms with Gasteiger partial charge in [0.2, 0.25) is 5.95 Å². The third-order valence-corrected chi connectivity index (χ3v) is 3.75. The van der Waals surface area contributed by atoms with Crippen LogP contribution in [0.1, 0.15) is 18.5 Å². The van der Waals surface area contributed by atoms with Crippen LogP contribution in [0.25, 0.3) is 0 Å². The van der Waals surface area contributed by atoms with E-state index >= 15 is 0 Å². The van der Waals surface area contributed by atoms with Gasteiger partial charge in [-0.15, -0.1) is 0 Å². The average Bonchev–Trinajstić information content (AvgIpc) is 3.00.